The third-order valence-corrected chi connectivity index (χ3v) is 9.82. The number of fused-ring (bicyclic) bond motifs is 2. The second-order valence-corrected chi connectivity index (χ2v) is 12.5. The number of hydrogen-bond donors (Lipinski definition) is 3. The van der Waals surface area contributed by atoms with Gasteiger partial charge in [0.05, 0.1) is 20.3 Å². The molecule has 3 N–H and O–H groups in total. The number of benzene rings is 4. The zero-order valence-corrected chi connectivity index (χ0v) is 26.0. The smallest absolute Gasteiger partial charge is 0.169 e. The van der Waals surface area contributed by atoms with Crippen molar-refractivity contribution in [1.82, 2.24) is 9.80 Å². The van der Waals surface area contributed by atoms with E-state index >= 15 is 0 Å². The Labute approximate surface area is 264 Å². The summed E-state index contributed by atoms with van der Waals surface area (Å²) in [5.74, 6) is 3.00. The van der Waals surface area contributed by atoms with Gasteiger partial charge >= 0.3 is 0 Å². The number of rotatable bonds is 3. The highest BCUT2D eigenvalue weighted by atomic mass is 16.5. The second-order valence-electron chi connectivity index (χ2n) is 12.5. The number of aliphatic hydroxyl groups excluding tert-OH is 2. The van der Waals surface area contributed by atoms with Crippen LogP contribution in [-0.4, -0.2) is 59.4 Å². The van der Waals surface area contributed by atoms with Crippen LogP contribution in [-0.2, 0) is 38.9 Å². The quantitative estimate of drug-likeness (QED) is 0.268. The Morgan fingerprint density at radius 2 is 1.49 bits per heavy atom. The first-order chi connectivity index (χ1) is 21.9. The zero-order chi connectivity index (χ0) is 31.2. The monoisotopic (exact) mass is 608 g/mol. The van der Waals surface area contributed by atoms with Gasteiger partial charge in [0.2, 0.25) is 0 Å². The molecule has 0 spiro atoms. The van der Waals surface area contributed by atoms with Gasteiger partial charge in [-0.2, -0.15) is 0 Å². The van der Waals surface area contributed by atoms with E-state index in [0.717, 1.165) is 53.7 Å². The van der Waals surface area contributed by atoms with Gasteiger partial charge in [-0.25, -0.2) is 0 Å². The van der Waals surface area contributed by atoms with Crippen molar-refractivity contribution >= 4 is 0 Å². The molecule has 0 amide bonds. The Balaban J connectivity index is 1.46. The van der Waals surface area contributed by atoms with Crippen molar-refractivity contribution in [2.24, 2.45) is 0 Å². The predicted octanol–water partition coefficient (Wildman–Crippen LogP) is 5.83. The van der Waals surface area contributed by atoms with Gasteiger partial charge < -0.3 is 29.5 Å². The molecule has 0 saturated heterocycles. The molecule has 8 heteroatoms. The van der Waals surface area contributed by atoms with Crippen molar-refractivity contribution in [3.8, 4) is 34.5 Å². The molecule has 234 valence electrons. The first kappa shape index (κ1) is 29.6. The van der Waals surface area contributed by atoms with E-state index in [1.54, 1.807) is 13.2 Å². The highest BCUT2D eigenvalue weighted by molar-refractivity contribution is 5.58. The standard InChI is InChI=1S/C37H40N2O6/c1-38-12-10-24-18-34(43-3)35-19-28(24)30(38)15-23-6-9-32(42)33(16-23)44-27-7-4-22(5-8-27)14-31-36-25(11-13-39(31)2)17-26(20-40)29(21-41)37(36)45-35/h4-9,16-19,30-31,40-42H,10-15,20-21H2,1-3H3/t30-,31+/m1/s1. The highest BCUT2D eigenvalue weighted by Crippen LogP contribution is 2.47. The molecule has 4 aliphatic rings. The van der Waals surface area contributed by atoms with Crippen molar-refractivity contribution in [3.05, 3.63) is 105 Å². The maximum atomic E-state index is 10.7. The van der Waals surface area contributed by atoms with Crippen LogP contribution in [0.15, 0.2) is 60.7 Å². The third-order valence-electron chi connectivity index (χ3n) is 9.82. The van der Waals surface area contributed by atoms with Crippen LogP contribution in [0.5, 0.6) is 34.5 Å². The van der Waals surface area contributed by atoms with Crippen LogP contribution >= 0.6 is 0 Å². The van der Waals surface area contributed by atoms with E-state index in [1.165, 1.54) is 5.56 Å². The van der Waals surface area contributed by atoms with Gasteiger partial charge in [-0.15, -0.1) is 0 Å². The minimum atomic E-state index is -0.261. The van der Waals surface area contributed by atoms with E-state index in [-0.39, 0.29) is 31.0 Å². The predicted molar refractivity (Wildman–Crippen MR) is 172 cm³/mol. The van der Waals surface area contributed by atoms with Crippen molar-refractivity contribution < 1.29 is 29.5 Å². The number of phenolic OH excluding ortho intramolecular Hbond substituents is 1. The van der Waals surface area contributed by atoms with Gasteiger partial charge in [-0.05, 0) is 110 Å². The summed E-state index contributed by atoms with van der Waals surface area (Å²) in [6.07, 6.45) is 3.09. The van der Waals surface area contributed by atoms with Gasteiger partial charge in [0, 0.05) is 36.3 Å². The molecule has 4 heterocycles. The fourth-order valence-corrected chi connectivity index (χ4v) is 7.25. The number of aromatic hydroxyl groups is 1. The summed E-state index contributed by atoms with van der Waals surface area (Å²) in [6, 6.07) is 19.8. The molecule has 6 bridgehead atoms. The maximum absolute atomic E-state index is 10.7. The zero-order valence-electron chi connectivity index (χ0n) is 26.0. The van der Waals surface area contributed by atoms with Crippen molar-refractivity contribution in [3.63, 3.8) is 0 Å². The molecule has 45 heavy (non-hydrogen) atoms. The van der Waals surface area contributed by atoms with Gasteiger partial charge in [0.15, 0.2) is 23.0 Å². The molecule has 4 aromatic rings. The fourth-order valence-electron chi connectivity index (χ4n) is 7.25. The molecule has 2 atom stereocenters. The molecular weight excluding hydrogens is 568 g/mol. The number of likely N-dealkylation sites (N-methyl/N-ethyl adjacent to an activating group) is 2. The first-order valence-corrected chi connectivity index (χ1v) is 15.6. The molecule has 0 aromatic heterocycles. The second kappa shape index (κ2) is 12.0. The van der Waals surface area contributed by atoms with Crippen LogP contribution in [0.1, 0.15) is 56.6 Å². The average Bonchev–Trinajstić information content (AvgIpc) is 3.05. The summed E-state index contributed by atoms with van der Waals surface area (Å²) in [4.78, 5) is 4.68. The number of hydrogen-bond acceptors (Lipinski definition) is 8. The Kier molecular flexibility index (Phi) is 7.91. The van der Waals surface area contributed by atoms with Gasteiger partial charge in [-0.3, -0.25) is 9.80 Å². The molecule has 0 unspecified atom stereocenters. The van der Waals surface area contributed by atoms with E-state index in [1.807, 2.05) is 30.3 Å². The van der Waals surface area contributed by atoms with Crippen LogP contribution in [0.2, 0.25) is 0 Å². The molecule has 0 aliphatic carbocycles. The van der Waals surface area contributed by atoms with E-state index in [2.05, 4.69) is 48.2 Å². The largest absolute Gasteiger partial charge is 0.504 e. The Morgan fingerprint density at radius 1 is 0.778 bits per heavy atom. The van der Waals surface area contributed by atoms with Crippen molar-refractivity contribution in [1.29, 1.82) is 0 Å². The first-order valence-electron chi connectivity index (χ1n) is 15.6. The summed E-state index contributed by atoms with van der Waals surface area (Å²) < 4.78 is 19.1. The Bertz CT molecular complexity index is 1740. The number of nitrogens with zero attached hydrogens (tertiary/aromatic N) is 2. The highest BCUT2D eigenvalue weighted by Gasteiger charge is 2.33. The normalized spacial score (nSPS) is 19.6. The fraction of sp³-hybridized carbons (Fsp3) is 0.351. The third kappa shape index (κ3) is 5.42. The van der Waals surface area contributed by atoms with Gasteiger partial charge in [0.25, 0.3) is 0 Å². The molecule has 4 aliphatic heterocycles. The number of aliphatic hydroxyl groups is 2. The SMILES string of the molecule is COc1cc2c3cc1Oc1c(CO)c(CO)cc4c1[C@H](Cc1ccc(cc1)Oc1cc(ccc1O)C[C@H]3N(C)CC2)N(C)CC4. The molecule has 8 rings (SSSR count). The lowest BCUT2D eigenvalue weighted by molar-refractivity contribution is 0.218. The maximum Gasteiger partial charge on any atom is 0.169 e. The average molecular weight is 609 g/mol. The molecular formula is C37H40N2O6. The Hall–Kier alpha value is -4.08. The summed E-state index contributed by atoms with van der Waals surface area (Å²) in [5, 5.41) is 31.7. The van der Waals surface area contributed by atoms with Crippen molar-refractivity contribution in [2.45, 2.75) is 51.0 Å². The lowest BCUT2D eigenvalue weighted by atomic mass is 9.85. The Morgan fingerprint density at radius 3 is 2.22 bits per heavy atom. The molecule has 4 aromatic carbocycles. The van der Waals surface area contributed by atoms with E-state index in [4.69, 9.17) is 14.2 Å². The molecule has 0 saturated carbocycles. The van der Waals surface area contributed by atoms with Crippen LogP contribution in [0.4, 0.5) is 0 Å². The molecule has 0 fully saturated rings. The number of ether oxygens (including phenoxy) is 3. The summed E-state index contributed by atoms with van der Waals surface area (Å²) in [7, 11) is 5.91. The molecule has 8 nitrogen and oxygen atoms in total. The summed E-state index contributed by atoms with van der Waals surface area (Å²) in [5.41, 5.74) is 7.94. The van der Waals surface area contributed by atoms with Crippen LogP contribution in [0.3, 0.4) is 0 Å². The summed E-state index contributed by atoms with van der Waals surface area (Å²) >= 11 is 0. The van der Waals surface area contributed by atoms with E-state index < -0.39 is 0 Å². The van der Waals surface area contributed by atoms with E-state index in [9.17, 15) is 15.3 Å². The lowest BCUT2D eigenvalue weighted by Crippen LogP contribution is -2.34. The minimum absolute atomic E-state index is 0.0318. The van der Waals surface area contributed by atoms with Crippen LogP contribution < -0.4 is 14.2 Å². The van der Waals surface area contributed by atoms with Crippen LogP contribution in [0.25, 0.3) is 0 Å². The summed E-state index contributed by atoms with van der Waals surface area (Å²) in [6.45, 7) is 1.30. The number of methoxy groups -OCH3 is 1. The van der Waals surface area contributed by atoms with Crippen LogP contribution in [0, 0.1) is 0 Å². The van der Waals surface area contributed by atoms with E-state index in [0.29, 0.717) is 52.7 Å². The number of phenols is 1. The van der Waals surface area contributed by atoms with Gasteiger partial charge in [-0.1, -0.05) is 24.3 Å². The molecule has 0 radical (unpaired) electrons. The van der Waals surface area contributed by atoms with Crippen molar-refractivity contribution in [2.75, 3.05) is 34.3 Å². The lowest BCUT2D eigenvalue weighted by Gasteiger charge is -2.38. The topological polar surface area (TPSA) is 94.9 Å². The van der Waals surface area contributed by atoms with Gasteiger partial charge in [0.1, 0.15) is 11.5 Å². The minimum Gasteiger partial charge on any atom is -0.504 e.